The van der Waals surface area contributed by atoms with Crippen molar-refractivity contribution in [3.8, 4) is 5.75 Å². The normalized spacial score (nSPS) is 17.6. The van der Waals surface area contributed by atoms with Crippen molar-refractivity contribution in [1.29, 1.82) is 0 Å². The first kappa shape index (κ1) is 45.3. The van der Waals surface area contributed by atoms with Crippen molar-refractivity contribution >= 4 is 41.4 Å². The Bertz CT molecular complexity index is 1470. The lowest BCUT2D eigenvalue weighted by molar-refractivity contribution is -0.150. The fourth-order valence-electron chi connectivity index (χ4n) is 5.90. The number of carboxylic acid groups (broad SMARTS) is 1. The number of nitrogens with one attached hydrogen (secondary N) is 6. The zero-order valence-electron chi connectivity index (χ0n) is 32.1. The lowest BCUT2D eigenvalue weighted by atomic mass is 10.00. The van der Waals surface area contributed by atoms with Crippen molar-refractivity contribution in [2.24, 2.45) is 11.8 Å². The molecular formula is C36H58N8O10. The molecule has 54 heavy (non-hydrogen) atoms. The minimum Gasteiger partial charge on any atom is -0.508 e. The molecule has 0 radical (unpaired) electrons. The highest BCUT2D eigenvalue weighted by atomic mass is 16.4. The van der Waals surface area contributed by atoms with Crippen molar-refractivity contribution in [2.75, 3.05) is 6.54 Å². The van der Waals surface area contributed by atoms with Gasteiger partial charge in [0.15, 0.2) is 6.04 Å². The van der Waals surface area contributed by atoms with Crippen LogP contribution in [-0.2, 0) is 40.0 Å². The smallest absolute Gasteiger partial charge is 0.305 e. The number of phenolic OH excluding ortho intramolecular Hbond substituents is 1. The Morgan fingerprint density at radius 3 is 1.98 bits per heavy atom. The molecule has 1 saturated heterocycles. The zero-order chi connectivity index (χ0) is 40.9. The summed E-state index contributed by atoms with van der Waals surface area (Å²) in [5.41, 5.74) is 0.0780. The molecule has 0 aromatic heterocycles. The summed E-state index contributed by atoms with van der Waals surface area (Å²) in [5, 5.41) is 46.2. The second-order valence-electron chi connectivity index (χ2n) is 15.3. The van der Waals surface area contributed by atoms with Crippen molar-refractivity contribution < 1.29 is 48.9 Å². The van der Waals surface area contributed by atoms with Gasteiger partial charge in [0.25, 0.3) is 5.91 Å². The van der Waals surface area contributed by atoms with E-state index in [0.29, 0.717) is 23.5 Å². The SMILES string of the molecule is CC(C)C[C@H](NC(=O)[C@H](Cc1ccc(O)cc1)NC(=O)[C@@H]1CCCN1)C(=O)N[C@@H](CC(=O)O)C(=O)N(N)[C@H](C(=O)N[C@@H](C)CC(=O)NC(C)(C)C)[C@@H](C)O. The first-order chi connectivity index (χ1) is 25.1. The molecule has 18 heteroatoms. The average molecular weight is 763 g/mol. The second kappa shape index (κ2) is 20.6. The Labute approximate surface area is 315 Å². The Hall–Kier alpha value is -4.81. The van der Waals surface area contributed by atoms with Gasteiger partial charge in [-0.2, -0.15) is 0 Å². The summed E-state index contributed by atoms with van der Waals surface area (Å²) in [4.78, 5) is 91.7. The van der Waals surface area contributed by atoms with Crippen LogP contribution in [-0.4, -0.2) is 116 Å². The van der Waals surface area contributed by atoms with E-state index in [1.165, 1.54) is 26.0 Å². The molecule has 0 aliphatic carbocycles. The third-order valence-electron chi connectivity index (χ3n) is 8.39. The van der Waals surface area contributed by atoms with Crippen LogP contribution in [0.1, 0.15) is 86.1 Å². The fourth-order valence-corrected chi connectivity index (χ4v) is 5.90. The number of aliphatic hydroxyl groups is 1. The van der Waals surface area contributed by atoms with E-state index in [9.17, 15) is 48.9 Å². The number of aliphatic hydroxyl groups excluding tert-OH is 1. The van der Waals surface area contributed by atoms with Crippen LogP contribution in [0.15, 0.2) is 24.3 Å². The molecule has 1 aliphatic rings. The number of aromatic hydroxyl groups is 1. The van der Waals surface area contributed by atoms with E-state index in [0.717, 1.165) is 6.42 Å². The predicted molar refractivity (Wildman–Crippen MR) is 197 cm³/mol. The van der Waals surface area contributed by atoms with Gasteiger partial charge in [-0.15, -0.1) is 0 Å². The second-order valence-corrected chi connectivity index (χ2v) is 15.3. The van der Waals surface area contributed by atoms with E-state index in [1.807, 2.05) is 0 Å². The summed E-state index contributed by atoms with van der Waals surface area (Å²) in [7, 11) is 0. The predicted octanol–water partition coefficient (Wildman–Crippen LogP) is -1.08. The monoisotopic (exact) mass is 762 g/mol. The van der Waals surface area contributed by atoms with Gasteiger partial charge in [0.1, 0.15) is 23.9 Å². The van der Waals surface area contributed by atoms with E-state index in [4.69, 9.17) is 5.84 Å². The molecular weight excluding hydrogens is 704 g/mol. The number of rotatable bonds is 19. The summed E-state index contributed by atoms with van der Waals surface area (Å²) in [6.45, 7) is 12.3. The molecule has 18 nitrogen and oxygen atoms in total. The lowest BCUT2D eigenvalue weighted by Gasteiger charge is -2.33. The summed E-state index contributed by atoms with van der Waals surface area (Å²) in [6.07, 6.45) is -1.27. The van der Waals surface area contributed by atoms with E-state index in [1.54, 1.807) is 46.8 Å². The highest BCUT2D eigenvalue weighted by Gasteiger charge is 2.39. The van der Waals surface area contributed by atoms with Crippen molar-refractivity contribution in [3.05, 3.63) is 29.8 Å². The standard InChI is InChI=1S/C36H58N8O10/c1-19(2)15-25(40-33(52)26(17-22-10-12-23(46)13-11-22)41-31(50)24-9-8-14-38-24)32(51)42-27(18-29(48)49)35(54)44(37)30(21(4)45)34(53)39-20(3)16-28(47)43-36(5,6)7/h10-13,19-21,24-27,30,38,45-46H,8-9,14-18,37H2,1-7H3,(H,39,53)(H,40,52)(H,41,50)(H,42,51)(H,43,47)(H,48,49)/t20-,21+,24-,25-,26-,27-,30-/m0/s1. The van der Waals surface area contributed by atoms with Crippen LogP contribution >= 0.6 is 0 Å². The third-order valence-corrected chi connectivity index (χ3v) is 8.39. The Morgan fingerprint density at radius 2 is 1.46 bits per heavy atom. The molecule has 302 valence electrons. The van der Waals surface area contributed by atoms with Gasteiger partial charge >= 0.3 is 5.97 Å². The maximum Gasteiger partial charge on any atom is 0.305 e. The topological polar surface area (TPSA) is 282 Å². The number of benzene rings is 1. The fraction of sp³-hybridized carbons (Fsp3) is 0.639. The molecule has 11 N–H and O–H groups in total. The number of phenols is 1. The highest BCUT2D eigenvalue weighted by molar-refractivity contribution is 5.97. The van der Waals surface area contributed by atoms with E-state index >= 15 is 0 Å². The number of nitrogens with two attached hydrogens (primary N) is 1. The quantitative estimate of drug-likeness (QED) is 0.0458. The van der Waals surface area contributed by atoms with Crippen molar-refractivity contribution in [1.82, 2.24) is 36.9 Å². The third kappa shape index (κ3) is 15.3. The number of hydrazine groups is 1. The molecule has 1 aromatic rings. The zero-order valence-corrected chi connectivity index (χ0v) is 32.1. The van der Waals surface area contributed by atoms with Crippen LogP contribution in [0.25, 0.3) is 0 Å². The van der Waals surface area contributed by atoms with Crippen LogP contribution in [0, 0.1) is 5.92 Å². The van der Waals surface area contributed by atoms with Gasteiger partial charge in [0.05, 0.1) is 18.6 Å². The van der Waals surface area contributed by atoms with Crippen LogP contribution in [0.2, 0.25) is 0 Å². The largest absolute Gasteiger partial charge is 0.508 e. The van der Waals surface area contributed by atoms with E-state index in [2.05, 4.69) is 31.9 Å². The summed E-state index contributed by atoms with van der Waals surface area (Å²) in [6, 6.07) is -1.29. The minimum absolute atomic E-state index is 0.00437. The summed E-state index contributed by atoms with van der Waals surface area (Å²) >= 11 is 0. The number of hydrogen-bond donors (Lipinski definition) is 10. The molecule has 1 heterocycles. The number of carbonyl (C=O) groups excluding carboxylic acids is 6. The first-order valence-electron chi connectivity index (χ1n) is 18.1. The van der Waals surface area contributed by atoms with E-state index < -0.39 is 89.8 Å². The van der Waals surface area contributed by atoms with Crippen LogP contribution in [0.3, 0.4) is 0 Å². The molecule has 2 rings (SSSR count). The van der Waals surface area contributed by atoms with Gasteiger partial charge in [0.2, 0.25) is 29.5 Å². The molecule has 0 saturated carbocycles. The van der Waals surface area contributed by atoms with Crippen molar-refractivity contribution in [3.63, 3.8) is 0 Å². The van der Waals surface area contributed by atoms with Gasteiger partial charge in [-0.25, -0.2) is 5.84 Å². The number of amides is 6. The van der Waals surface area contributed by atoms with Crippen LogP contribution < -0.4 is 37.7 Å². The summed E-state index contributed by atoms with van der Waals surface area (Å²) in [5.74, 6) is -0.239. The van der Waals surface area contributed by atoms with Gasteiger partial charge in [0, 0.05) is 24.4 Å². The van der Waals surface area contributed by atoms with Gasteiger partial charge in [-0.05, 0) is 84.0 Å². The van der Waals surface area contributed by atoms with E-state index in [-0.39, 0.29) is 36.8 Å². The molecule has 0 bridgehead atoms. The molecule has 1 fully saturated rings. The number of nitrogens with zero attached hydrogens (tertiary/aromatic N) is 1. The number of aliphatic carboxylic acids is 1. The Morgan fingerprint density at radius 1 is 0.870 bits per heavy atom. The maximum atomic E-state index is 13.8. The van der Waals surface area contributed by atoms with Gasteiger partial charge in [-0.1, -0.05) is 26.0 Å². The number of hydrogen-bond acceptors (Lipinski definition) is 11. The molecule has 6 amide bonds. The van der Waals surface area contributed by atoms with Crippen LogP contribution in [0.4, 0.5) is 0 Å². The minimum atomic E-state index is -1.84. The van der Waals surface area contributed by atoms with Gasteiger partial charge in [-0.3, -0.25) is 38.6 Å². The molecule has 1 aliphatic heterocycles. The summed E-state index contributed by atoms with van der Waals surface area (Å²) < 4.78 is 0. The number of carboxylic acids is 1. The molecule has 7 atom stereocenters. The molecule has 1 aromatic carbocycles. The Kier molecular flexibility index (Phi) is 17.3. The average Bonchev–Trinajstić information content (AvgIpc) is 3.58. The van der Waals surface area contributed by atoms with Gasteiger partial charge < -0.3 is 47.2 Å². The first-order valence-corrected chi connectivity index (χ1v) is 18.1. The Balaban J connectivity index is 2.28. The number of carbonyl (C=O) groups is 7. The highest BCUT2D eigenvalue weighted by Crippen LogP contribution is 2.14. The lowest BCUT2D eigenvalue weighted by Crippen LogP contribution is -2.64. The molecule has 0 unspecified atom stereocenters. The van der Waals surface area contributed by atoms with Crippen molar-refractivity contribution in [2.45, 2.75) is 135 Å². The molecule has 0 spiro atoms. The van der Waals surface area contributed by atoms with Crippen LogP contribution in [0.5, 0.6) is 5.75 Å². The maximum absolute atomic E-state index is 13.8.